The Balaban J connectivity index is 1.34. The number of aromatic nitrogens is 2. The number of hydrogen-bond acceptors (Lipinski definition) is 4. The summed E-state index contributed by atoms with van der Waals surface area (Å²) in [6, 6.07) is 10.2. The molecule has 2 aliphatic heterocycles. The Morgan fingerprint density at radius 2 is 2.11 bits per heavy atom. The van der Waals surface area contributed by atoms with E-state index in [2.05, 4.69) is 22.5 Å². The minimum absolute atomic E-state index is 0.00938. The summed E-state index contributed by atoms with van der Waals surface area (Å²) in [4.78, 5) is 29.2. The fourth-order valence-electron chi connectivity index (χ4n) is 3.48. The smallest absolute Gasteiger partial charge is 0.319 e. The molecule has 0 fully saturated rings. The van der Waals surface area contributed by atoms with E-state index >= 15 is 0 Å². The van der Waals surface area contributed by atoms with Crippen LogP contribution in [0.15, 0.2) is 35.2 Å². The lowest BCUT2D eigenvalue weighted by atomic mass is 10.1. The minimum atomic E-state index is -0.0761. The van der Waals surface area contributed by atoms with E-state index in [1.54, 1.807) is 30.8 Å². The van der Waals surface area contributed by atoms with Crippen LogP contribution in [0.4, 0.5) is 4.79 Å². The van der Waals surface area contributed by atoms with Crippen LogP contribution >= 0.6 is 11.8 Å². The second-order valence-electron chi connectivity index (χ2n) is 7.08. The molecule has 0 aliphatic carbocycles. The monoisotopic (exact) mass is 385 g/mol. The lowest BCUT2D eigenvalue weighted by molar-refractivity contribution is -0.120. The van der Waals surface area contributed by atoms with Crippen LogP contribution in [0.1, 0.15) is 17.0 Å². The Morgan fingerprint density at radius 3 is 2.89 bits per heavy atom. The second-order valence-corrected chi connectivity index (χ2v) is 8.33. The number of nitrogens with zero attached hydrogens (tertiary/aromatic N) is 4. The summed E-state index contributed by atoms with van der Waals surface area (Å²) >= 11 is 1.63. The van der Waals surface area contributed by atoms with E-state index in [1.165, 1.54) is 10.5 Å². The van der Waals surface area contributed by atoms with Crippen LogP contribution in [-0.4, -0.2) is 57.4 Å². The standard InChI is InChI=1S/C19H23N5O2S/c1-22(2)19(26)23-7-8-24-15(12-23)10-14(21-24)11-20-18(25)17-9-13-5-3-4-6-16(13)27-17/h3-6,10,17H,7-9,11-12H2,1-2H3,(H,20,25). The predicted molar refractivity (Wildman–Crippen MR) is 103 cm³/mol. The van der Waals surface area contributed by atoms with E-state index in [9.17, 15) is 9.59 Å². The highest BCUT2D eigenvalue weighted by Crippen LogP contribution is 2.36. The van der Waals surface area contributed by atoms with Crippen LogP contribution < -0.4 is 5.32 Å². The zero-order chi connectivity index (χ0) is 19.0. The van der Waals surface area contributed by atoms with Crippen molar-refractivity contribution in [1.82, 2.24) is 24.9 Å². The van der Waals surface area contributed by atoms with Gasteiger partial charge in [-0.3, -0.25) is 9.48 Å². The van der Waals surface area contributed by atoms with Gasteiger partial charge in [-0.2, -0.15) is 5.10 Å². The highest BCUT2D eigenvalue weighted by atomic mass is 32.2. The number of hydrogen-bond donors (Lipinski definition) is 1. The molecule has 0 radical (unpaired) electrons. The van der Waals surface area contributed by atoms with Gasteiger partial charge in [-0.15, -0.1) is 11.8 Å². The van der Waals surface area contributed by atoms with Gasteiger partial charge in [-0.1, -0.05) is 18.2 Å². The lowest BCUT2D eigenvalue weighted by Gasteiger charge is -2.29. The van der Waals surface area contributed by atoms with Crippen LogP contribution in [0, 0.1) is 0 Å². The molecule has 0 saturated carbocycles. The number of amides is 3. The van der Waals surface area contributed by atoms with E-state index in [0.717, 1.165) is 17.8 Å². The van der Waals surface area contributed by atoms with Gasteiger partial charge in [-0.05, 0) is 24.1 Å². The summed E-state index contributed by atoms with van der Waals surface area (Å²) in [6.45, 7) is 2.28. The maximum absolute atomic E-state index is 12.5. The Labute approximate surface area is 162 Å². The van der Waals surface area contributed by atoms with Gasteiger partial charge in [-0.25, -0.2) is 4.79 Å². The molecule has 7 nitrogen and oxygen atoms in total. The van der Waals surface area contributed by atoms with Gasteiger partial charge in [0.15, 0.2) is 0 Å². The second kappa shape index (κ2) is 7.26. The molecular weight excluding hydrogens is 362 g/mol. The van der Waals surface area contributed by atoms with E-state index in [-0.39, 0.29) is 17.2 Å². The summed E-state index contributed by atoms with van der Waals surface area (Å²) in [7, 11) is 3.52. The molecule has 1 aromatic carbocycles. The Bertz CT molecular complexity index is 854. The van der Waals surface area contributed by atoms with Gasteiger partial charge in [0.05, 0.1) is 36.3 Å². The first kappa shape index (κ1) is 17.9. The molecule has 1 unspecified atom stereocenters. The molecule has 2 aromatic rings. The Hall–Kier alpha value is -2.48. The number of benzene rings is 1. The average Bonchev–Trinajstić information content (AvgIpc) is 3.28. The largest absolute Gasteiger partial charge is 0.349 e. The van der Waals surface area contributed by atoms with Gasteiger partial charge in [0.25, 0.3) is 0 Å². The molecule has 8 heteroatoms. The summed E-state index contributed by atoms with van der Waals surface area (Å²) in [5.41, 5.74) is 3.08. The van der Waals surface area contributed by atoms with Crippen LogP contribution in [0.3, 0.4) is 0 Å². The van der Waals surface area contributed by atoms with Crippen molar-refractivity contribution in [2.24, 2.45) is 0 Å². The molecule has 3 amide bonds. The fourth-order valence-corrected chi connectivity index (χ4v) is 4.70. The van der Waals surface area contributed by atoms with Crippen molar-refractivity contribution < 1.29 is 9.59 Å². The van der Waals surface area contributed by atoms with E-state index in [4.69, 9.17) is 0 Å². The number of urea groups is 1. The fraction of sp³-hybridized carbons (Fsp3) is 0.421. The zero-order valence-corrected chi connectivity index (χ0v) is 16.3. The minimum Gasteiger partial charge on any atom is -0.349 e. The molecule has 0 spiro atoms. The lowest BCUT2D eigenvalue weighted by Crippen LogP contribution is -2.43. The van der Waals surface area contributed by atoms with Crippen molar-refractivity contribution in [3.63, 3.8) is 0 Å². The molecule has 27 heavy (non-hydrogen) atoms. The normalized spacial score (nSPS) is 18.0. The summed E-state index contributed by atoms with van der Waals surface area (Å²) in [5, 5.41) is 7.51. The molecule has 4 rings (SSSR count). The van der Waals surface area contributed by atoms with E-state index in [0.29, 0.717) is 26.2 Å². The molecule has 0 saturated heterocycles. The third-order valence-electron chi connectivity index (χ3n) is 4.88. The number of nitrogens with one attached hydrogen (secondary N) is 1. The molecule has 0 bridgehead atoms. The number of thioether (sulfide) groups is 1. The molecule has 3 heterocycles. The maximum atomic E-state index is 12.5. The van der Waals surface area contributed by atoms with Gasteiger partial charge in [0.2, 0.25) is 5.91 Å². The molecular formula is C19H23N5O2S. The van der Waals surface area contributed by atoms with Crippen molar-refractivity contribution in [3.05, 3.63) is 47.3 Å². The summed E-state index contributed by atoms with van der Waals surface area (Å²) in [6.07, 6.45) is 0.772. The zero-order valence-electron chi connectivity index (χ0n) is 15.5. The average molecular weight is 385 g/mol. The quantitative estimate of drug-likeness (QED) is 0.873. The molecule has 1 atom stereocenters. The highest BCUT2D eigenvalue weighted by molar-refractivity contribution is 8.01. The van der Waals surface area contributed by atoms with Crippen molar-refractivity contribution in [2.45, 2.75) is 36.2 Å². The first-order valence-corrected chi connectivity index (χ1v) is 9.93. The predicted octanol–water partition coefficient (Wildman–Crippen LogP) is 1.71. The maximum Gasteiger partial charge on any atom is 0.319 e. The number of rotatable bonds is 3. The molecule has 1 N–H and O–H groups in total. The van der Waals surface area contributed by atoms with E-state index < -0.39 is 0 Å². The van der Waals surface area contributed by atoms with Gasteiger partial charge in [0, 0.05) is 25.5 Å². The first-order chi connectivity index (χ1) is 13.0. The van der Waals surface area contributed by atoms with Gasteiger partial charge < -0.3 is 15.1 Å². The van der Waals surface area contributed by atoms with Crippen LogP contribution in [0.2, 0.25) is 0 Å². The van der Waals surface area contributed by atoms with E-state index in [1.807, 2.05) is 27.8 Å². The third-order valence-corrected chi connectivity index (χ3v) is 6.20. The van der Waals surface area contributed by atoms with Crippen LogP contribution in [-0.2, 0) is 30.8 Å². The Kier molecular flexibility index (Phi) is 4.82. The van der Waals surface area contributed by atoms with Gasteiger partial charge in [0.1, 0.15) is 0 Å². The summed E-state index contributed by atoms with van der Waals surface area (Å²) in [5.74, 6) is 0.0478. The number of carbonyl (C=O) groups excluding carboxylic acids is 2. The SMILES string of the molecule is CN(C)C(=O)N1CCn2nc(CNC(=O)C3Cc4ccccc4S3)cc2C1. The third kappa shape index (κ3) is 3.66. The molecule has 142 valence electrons. The van der Waals surface area contributed by atoms with Crippen molar-refractivity contribution in [1.29, 1.82) is 0 Å². The van der Waals surface area contributed by atoms with Crippen molar-refractivity contribution >= 4 is 23.7 Å². The van der Waals surface area contributed by atoms with Crippen LogP contribution in [0.5, 0.6) is 0 Å². The topological polar surface area (TPSA) is 70.5 Å². The molecule has 1 aromatic heterocycles. The van der Waals surface area contributed by atoms with Crippen molar-refractivity contribution in [3.8, 4) is 0 Å². The first-order valence-electron chi connectivity index (χ1n) is 9.05. The Morgan fingerprint density at radius 1 is 1.30 bits per heavy atom. The highest BCUT2D eigenvalue weighted by Gasteiger charge is 2.28. The van der Waals surface area contributed by atoms with Crippen LogP contribution in [0.25, 0.3) is 0 Å². The summed E-state index contributed by atoms with van der Waals surface area (Å²) < 4.78 is 1.93. The number of fused-ring (bicyclic) bond motifs is 2. The number of carbonyl (C=O) groups is 2. The van der Waals surface area contributed by atoms with Crippen molar-refractivity contribution in [2.75, 3.05) is 20.6 Å². The molecule has 2 aliphatic rings. The van der Waals surface area contributed by atoms with Gasteiger partial charge >= 0.3 is 6.03 Å².